The van der Waals surface area contributed by atoms with Gasteiger partial charge >= 0.3 is 5.97 Å². The number of ether oxygens (including phenoxy) is 1. The molecule has 0 fully saturated rings. The van der Waals surface area contributed by atoms with Crippen molar-refractivity contribution in [1.82, 2.24) is 4.98 Å². The first kappa shape index (κ1) is 13.1. The topological polar surface area (TPSA) is 39.2 Å². The molecule has 0 bridgehead atoms. The highest BCUT2D eigenvalue weighted by Gasteiger charge is 2.25. The van der Waals surface area contributed by atoms with Gasteiger partial charge in [0.1, 0.15) is 0 Å². The van der Waals surface area contributed by atoms with Gasteiger partial charge in [-0.3, -0.25) is 0 Å². The highest BCUT2D eigenvalue weighted by atomic mass is 35.5. The molecule has 0 aliphatic rings. The van der Waals surface area contributed by atoms with Crippen molar-refractivity contribution < 1.29 is 18.3 Å². The SMILES string of the molecule is COC(=O)c1ncc(Cl)c(CCl)c1C(F)F. The molecule has 0 amide bonds. The van der Waals surface area contributed by atoms with Crippen LogP contribution in [0.5, 0.6) is 0 Å². The quantitative estimate of drug-likeness (QED) is 0.625. The zero-order chi connectivity index (χ0) is 12.3. The average Bonchev–Trinajstić information content (AvgIpc) is 2.27. The predicted octanol–water partition coefficient (Wildman–Crippen LogP) is 3.20. The molecule has 1 aromatic heterocycles. The summed E-state index contributed by atoms with van der Waals surface area (Å²) in [5.74, 6) is -1.18. The van der Waals surface area contributed by atoms with Crippen LogP contribution in [0.3, 0.4) is 0 Å². The van der Waals surface area contributed by atoms with E-state index < -0.39 is 23.7 Å². The number of hydrogen-bond donors (Lipinski definition) is 0. The van der Waals surface area contributed by atoms with E-state index in [0.29, 0.717) is 0 Å². The number of carbonyl (C=O) groups is 1. The molecule has 0 aromatic carbocycles. The van der Waals surface area contributed by atoms with Gasteiger partial charge in [0, 0.05) is 12.1 Å². The Balaban J connectivity index is 3.45. The minimum atomic E-state index is -2.89. The van der Waals surface area contributed by atoms with Gasteiger partial charge in [0.05, 0.1) is 17.7 Å². The number of esters is 1. The van der Waals surface area contributed by atoms with Gasteiger partial charge in [-0.25, -0.2) is 18.6 Å². The van der Waals surface area contributed by atoms with Gasteiger partial charge in [0.15, 0.2) is 5.69 Å². The zero-order valence-electron chi connectivity index (χ0n) is 8.14. The van der Waals surface area contributed by atoms with E-state index in [1.807, 2.05) is 0 Å². The molecule has 0 radical (unpaired) electrons. The number of rotatable bonds is 3. The second kappa shape index (κ2) is 5.41. The van der Waals surface area contributed by atoms with E-state index in [2.05, 4.69) is 9.72 Å². The summed E-state index contributed by atoms with van der Waals surface area (Å²) < 4.78 is 29.9. The smallest absolute Gasteiger partial charge is 0.357 e. The van der Waals surface area contributed by atoms with Crippen LogP contribution in [-0.4, -0.2) is 18.1 Å². The summed E-state index contributed by atoms with van der Waals surface area (Å²) in [4.78, 5) is 14.7. The Morgan fingerprint density at radius 1 is 1.62 bits per heavy atom. The predicted molar refractivity (Wildman–Crippen MR) is 55.1 cm³/mol. The van der Waals surface area contributed by atoms with Crippen LogP contribution in [0.1, 0.15) is 28.0 Å². The summed E-state index contributed by atoms with van der Waals surface area (Å²) in [5, 5.41) is -0.00190. The highest BCUT2D eigenvalue weighted by Crippen LogP contribution is 2.31. The summed E-state index contributed by atoms with van der Waals surface area (Å²) >= 11 is 11.2. The molecule has 1 rings (SSSR count). The number of hydrogen-bond acceptors (Lipinski definition) is 3. The first-order valence-electron chi connectivity index (χ1n) is 4.12. The van der Waals surface area contributed by atoms with Crippen molar-refractivity contribution >= 4 is 29.2 Å². The molecule has 0 aliphatic carbocycles. The Morgan fingerprint density at radius 2 is 2.25 bits per heavy atom. The van der Waals surface area contributed by atoms with Crippen molar-refractivity contribution in [1.29, 1.82) is 0 Å². The molecule has 7 heteroatoms. The summed E-state index contributed by atoms with van der Waals surface area (Å²) in [6, 6.07) is 0. The third-order valence-corrected chi connectivity index (χ3v) is 2.50. The van der Waals surface area contributed by atoms with Crippen LogP contribution in [0.2, 0.25) is 5.02 Å². The van der Waals surface area contributed by atoms with E-state index in [-0.39, 0.29) is 16.5 Å². The van der Waals surface area contributed by atoms with Gasteiger partial charge in [-0.15, -0.1) is 11.6 Å². The molecule has 0 N–H and O–H groups in total. The lowest BCUT2D eigenvalue weighted by atomic mass is 10.1. The lowest BCUT2D eigenvalue weighted by Crippen LogP contribution is -2.11. The van der Waals surface area contributed by atoms with Crippen molar-refractivity contribution in [2.75, 3.05) is 7.11 Å². The molecule has 0 saturated carbocycles. The van der Waals surface area contributed by atoms with Crippen LogP contribution in [0, 0.1) is 0 Å². The van der Waals surface area contributed by atoms with Gasteiger partial charge < -0.3 is 4.74 Å². The molecule has 1 heterocycles. The van der Waals surface area contributed by atoms with Crippen LogP contribution in [-0.2, 0) is 10.6 Å². The lowest BCUT2D eigenvalue weighted by molar-refractivity contribution is 0.0581. The minimum Gasteiger partial charge on any atom is -0.464 e. The third kappa shape index (κ3) is 2.41. The summed E-state index contributed by atoms with van der Waals surface area (Å²) in [7, 11) is 1.08. The molecule has 0 saturated heterocycles. The lowest BCUT2D eigenvalue weighted by Gasteiger charge is -2.11. The van der Waals surface area contributed by atoms with E-state index in [0.717, 1.165) is 13.3 Å². The van der Waals surface area contributed by atoms with Gasteiger partial charge in [-0.1, -0.05) is 11.6 Å². The van der Waals surface area contributed by atoms with Gasteiger partial charge in [0.25, 0.3) is 6.43 Å². The van der Waals surface area contributed by atoms with Crippen molar-refractivity contribution in [2.45, 2.75) is 12.3 Å². The zero-order valence-corrected chi connectivity index (χ0v) is 9.65. The molecule has 88 valence electrons. The summed E-state index contributed by atoms with van der Waals surface area (Å²) in [6.07, 6.45) is -1.80. The van der Waals surface area contributed by atoms with Crippen LogP contribution in [0.4, 0.5) is 8.78 Å². The van der Waals surface area contributed by atoms with E-state index in [9.17, 15) is 13.6 Å². The molecule has 0 unspecified atom stereocenters. The second-order valence-corrected chi connectivity index (χ2v) is 3.45. The summed E-state index contributed by atoms with van der Waals surface area (Å²) in [5.41, 5.74) is -1.04. The normalized spacial score (nSPS) is 10.6. The van der Waals surface area contributed by atoms with Crippen LogP contribution >= 0.6 is 23.2 Å². The van der Waals surface area contributed by atoms with Crippen molar-refractivity contribution in [3.05, 3.63) is 28.0 Å². The fourth-order valence-electron chi connectivity index (χ4n) is 1.17. The number of methoxy groups -OCH3 is 1. The maximum atomic E-state index is 12.8. The van der Waals surface area contributed by atoms with Crippen LogP contribution < -0.4 is 0 Å². The van der Waals surface area contributed by atoms with E-state index >= 15 is 0 Å². The first-order chi connectivity index (χ1) is 7.52. The fraction of sp³-hybridized carbons (Fsp3) is 0.333. The Bertz CT molecular complexity index is 413. The Morgan fingerprint density at radius 3 is 2.69 bits per heavy atom. The second-order valence-electron chi connectivity index (χ2n) is 2.77. The van der Waals surface area contributed by atoms with Gasteiger partial charge in [-0.2, -0.15) is 0 Å². The minimum absolute atomic E-state index is 0.00190. The summed E-state index contributed by atoms with van der Waals surface area (Å²) in [6.45, 7) is 0. The molecule has 0 aliphatic heterocycles. The molecule has 16 heavy (non-hydrogen) atoms. The number of carbonyl (C=O) groups excluding carboxylic acids is 1. The van der Waals surface area contributed by atoms with Crippen LogP contribution in [0.15, 0.2) is 6.20 Å². The average molecular weight is 270 g/mol. The maximum Gasteiger partial charge on any atom is 0.357 e. The van der Waals surface area contributed by atoms with E-state index in [1.165, 1.54) is 0 Å². The monoisotopic (exact) mass is 269 g/mol. The Labute approximate surface area is 100 Å². The molecule has 1 aromatic rings. The Hall–Kier alpha value is -0.940. The number of alkyl halides is 3. The number of aromatic nitrogens is 1. The van der Waals surface area contributed by atoms with Gasteiger partial charge in [-0.05, 0) is 5.56 Å². The van der Waals surface area contributed by atoms with Gasteiger partial charge in [0.2, 0.25) is 0 Å². The first-order valence-corrected chi connectivity index (χ1v) is 5.03. The van der Waals surface area contributed by atoms with E-state index in [1.54, 1.807) is 0 Å². The molecular formula is C9H7Cl2F2NO2. The van der Waals surface area contributed by atoms with Crippen molar-refractivity contribution in [3.8, 4) is 0 Å². The number of pyridine rings is 1. The largest absolute Gasteiger partial charge is 0.464 e. The maximum absolute atomic E-state index is 12.8. The van der Waals surface area contributed by atoms with Crippen molar-refractivity contribution in [3.63, 3.8) is 0 Å². The molecule has 3 nitrogen and oxygen atoms in total. The van der Waals surface area contributed by atoms with E-state index in [4.69, 9.17) is 23.2 Å². The highest BCUT2D eigenvalue weighted by molar-refractivity contribution is 6.32. The van der Waals surface area contributed by atoms with Crippen LogP contribution in [0.25, 0.3) is 0 Å². The molecule has 0 spiro atoms. The standard InChI is InChI=1S/C9H7Cl2F2NO2/c1-16-9(15)7-6(8(12)13)4(2-10)5(11)3-14-7/h3,8H,2H2,1H3. The Kier molecular flexibility index (Phi) is 4.44. The molecule has 0 atom stereocenters. The van der Waals surface area contributed by atoms with Crippen molar-refractivity contribution in [2.24, 2.45) is 0 Å². The molecular weight excluding hydrogens is 263 g/mol. The fourth-order valence-corrected chi connectivity index (χ4v) is 1.74. The third-order valence-electron chi connectivity index (χ3n) is 1.91. The number of halogens is 4. The number of nitrogens with zero attached hydrogens (tertiary/aromatic N) is 1.